The predicted molar refractivity (Wildman–Crippen MR) is 82.1 cm³/mol. The molecule has 7 nitrogen and oxygen atoms in total. The van der Waals surface area contributed by atoms with Crippen LogP contribution in [0.3, 0.4) is 0 Å². The summed E-state index contributed by atoms with van der Waals surface area (Å²) in [5.41, 5.74) is 1.70. The van der Waals surface area contributed by atoms with E-state index in [0.717, 1.165) is 11.3 Å². The molecule has 0 atom stereocenters. The van der Waals surface area contributed by atoms with Gasteiger partial charge in [-0.3, -0.25) is 0 Å². The Morgan fingerprint density at radius 3 is 2.82 bits per heavy atom. The number of hydrogen-bond acceptors (Lipinski definition) is 5. The summed E-state index contributed by atoms with van der Waals surface area (Å²) in [4.78, 5) is 17.9. The topological polar surface area (TPSA) is 80.5 Å². The fourth-order valence-electron chi connectivity index (χ4n) is 1.89. The number of aryl methyl sites for hydroxylation is 2. The van der Waals surface area contributed by atoms with Crippen LogP contribution in [-0.2, 0) is 6.42 Å². The Bertz CT molecular complexity index is 654. The smallest absolute Gasteiger partial charge is 0.321 e. The number of amides is 2. The van der Waals surface area contributed by atoms with Gasteiger partial charge in [0.2, 0.25) is 5.89 Å². The van der Waals surface area contributed by atoms with Crippen molar-refractivity contribution in [3.05, 3.63) is 35.5 Å². The number of anilines is 1. The lowest BCUT2D eigenvalue weighted by molar-refractivity contribution is 0.222. The van der Waals surface area contributed by atoms with Crippen LogP contribution in [-0.4, -0.2) is 41.8 Å². The standard InChI is InChI=1S/C15H20N4O3/c1-10-5-6-12(21-4)9-13(10)17-15(20)19(3)8-7-14-16-11(2)22-18-14/h5-6,9H,7-8H2,1-4H3,(H,17,20). The second-order valence-electron chi connectivity index (χ2n) is 5.01. The van der Waals surface area contributed by atoms with Crippen molar-refractivity contribution < 1.29 is 14.1 Å². The molecule has 0 saturated heterocycles. The van der Waals surface area contributed by atoms with Crippen LogP contribution in [0, 0.1) is 13.8 Å². The summed E-state index contributed by atoms with van der Waals surface area (Å²) in [6.45, 7) is 4.16. The molecule has 1 aromatic carbocycles. The molecule has 0 saturated carbocycles. The van der Waals surface area contributed by atoms with Gasteiger partial charge in [0, 0.05) is 38.7 Å². The van der Waals surface area contributed by atoms with E-state index in [2.05, 4.69) is 15.5 Å². The highest BCUT2D eigenvalue weighted by atomic mass is 16.5. The molecule has 0 unspecified atom stereocenters. The minimum absolute atomic E-state index is 0.198. The lowest BCUT2D eigenvalue weighted by atomic mass is 10.2. The molecular weight excluding hydrogens is 284 g/mol. The van der Waals surface area contributed by atoms with E-state index in [1.54, 1.807) is 32.0 Å². The molecule has 118 valence electrons. The lowest BCUT2D eigenvalue weighted by Crippen LogP contribution is -2.33. The quantitative estimate of drug-likeness (QED) is 0.917. The predicted octanol–water partition coefficient (Wildman–Crippen LogP) is 2.40. The van der Waals surface area contributed by atoms with E-state index >= 15 is 0 Å². The first-order valence-electron chi connectivity index (χ1n) is 6.95. The van der Waals surface area contributed by atoms with Crippen LogP contribution in [0.5, 0.6) is 5.75 Å². The Morgan fingerprint density at radius 1 is 1.41 bits per heavy atom. The third-order valence-electron chi connectivity index (χ3n) is 3.27. The number of nitrogens with zero attached hydrogens (tertiary/aromatic N) is 3. The van der Waals surface area contributed by atoms with Crippen LogP contribution in [0.25, 0.3) is 0 Å². The van der Waals surface area contributed by atoms with Gasteiger partial charge in [0.25, 0.3) is 0 Å². The molecule has 1 aromatic heterocycles. The van der Waals surface area contributed by atoms with Gasteiger partial charge in [0.15, 0.2) is 5.82 Å². The van der Waals surface area contributed by atoms with E-state index in [-0.39, 0.29) is 6.03 Å². The van der Waals surface area contributed by atoms with Gasteiger partial charge in [0.1, 0.15) is 5.75 Å². The molecular formula is C15H20N4O3. The van der Waals surface area contributed by atoms with Gasteiger partial charge < -0.3 is 19.5 Å². The monoisotopic (exact) mass is 304 g/mol. The first-order chi connectivity index (χ1) is 10.5. The minimum atomic E-state index is -0.198. The van der Waals surface area contributed by atoms with Gasteiger partial charge in [-0.2, -0.15) is 4.98 Å². The average molecular weight is 304 g/mol. The molecule has 0 aliphatic heterocycles. The number of benzene rings is 1. The average Bonchev–Trinajstić information content (AvgIpc) is 2.92. The number of carbonyl (C=O) groups is 1. The molecule has 0 aliphatic rings. The van der Waals surface area contributed by atoms with Crippen molar-refractivity contribution >= 4 is 11.7 Å². The van der Waals surface area contributed by atoms with Crippen LogP contribution in [0.1, 0.15) is 17.3 Å². The molecule has 0 spiro atoms. The molecule has 1 N–H and O–H groups in total. The highest BCUT2D eigenvalue weighted by Crippen LogP contribution is 2.21. The van der Waals surface area contributed by atoms with Crippen molar-refractivity contribution in [1.29, 1.82) is 0 Å². The Balaban J connectivity index is 1.93. The van der Waals surface area contributed by atoms with Gasteiger partial charge in [0.05, 0.1) is 7.11 Å². The second-order valence-corrected chi connectivity index (χ2v) is 5.01. The van der Waals surface area contributed by atoms with Gasteiger partial charge in [-0.05, 0) is 18.6 Å². The summed E-state index contributed by atoms with van der Waals surface area (Å²) in [7, 11) is 3.31. The molecule has 0 fully saturated rings. The molecule has 2 aromatic rings. The van der Waals surface area contributed by atoms with Crippen LogP contribution in [0.2, 0.25) is 0 Å². The molecule has 2 rings (SSSR count). The number of nitrogens with one attached hydrogen (secondary N) is 1. The zero-order chi connectivity index (χ0) is 16.1. The van der Waals surface area contributed by atoms with Crippen molar-refractivity contribution in [3.8, 4) is 5.75 Å². The normalized spacial score (nSPS) is 10.4. The molecule has 1 heterocycles. The number of urea groups is 1. The highest BCUT2D eigenvalue weighted by Gasteiger charge is 2.12. The molecule has 7 heteroatoms. The largest absolute Gasteiger partial charge is 0.497 e. The van der Waals surface area contributed by atoms with Crippen molar-refractivity contribution in [2.24, 2.45) is 0 Å². The zero-order valence-electron chi connectivity index (χ0n) is 13.2. The fraction of sp³-hybridized carbons (Fsp3) is 0.400. The number of rotatable bonds is 5. The van der Waals surface area contributed by atoms with Gasteiger partial charge in [-0.15, -0.1) is 0 Å². The van der Waals surface area contributed by atoms with Crippen molar-refractivity contribution in [2.45, 2.75) is 20.3 Å². The fourth-order valence-corrected chi connectivity index (χ4v) is 1.89. The Morgan fingerprint density at radius 2 is 2.18 bits per heavy atom. The van der Waals surface area contributed by atoms with Crippen molar-refractivity contribution in [3.63, 3.8) is 0 Å². The summed E-state index contributed by atoms with van der Waals surface area (Å²) in [6, 6.07) is 5.35. The second kappa shape index (κ2) is 6.93. The molecule has 0 radical (unpaired) electrons. The summed E-state index contributed by atoms with van der Waals surface area (Å²) >= 11 is 0. The summed E-state index contributed by atoms with van der Waals surface area (Å²) < 4.78 is 10.1. The first-order valence-corrected chi connectivity index (χ1v) is 6.95. The van der Waals surface area contributed by atoms with Crippen LogP contribution >= 0.6 is 0 Å². The van der Waals surface area contributed by atoms with Gasteiger partial charge >= 0.3 is 6.03 Å². The highest BCUT2D eigenvalue weighted by molar-refractivity contribution is 5.90. The van der Waals surface area contributed by atoms with E-state index in [0.29, 0.717) is 30.4 Å². The van der Waals surface area contributed by atoms with Gasteiger partial charge in [-0.1, -0.05) is 11.2 Å². The summed E-state index contributed by atoms with van der Waals surface area (Å²) in [6.07, 6.45) is 0.540. The van der Waals surface area contributed by atoms with Crippen molar-refractivity contribution in [1.82, 2.24) is 15.0 Å². The first kappa shape index (κ1) is 15.8. The van der Waals surface area contributed by atoms with Crippen LogP contribution in [0.4, 0.5) is 10.5 Å². The zero-order valence-corrected chi connectivity index (χ0v) is 13.2. The van der Waals surface area contributed by atoms with E-state index in [9.17, 15) is 4.79 Å². The third kappa shape index (κ3) is 3.97. The van der Waals surface area contributed by atoms with Crippen molar-refractivity contribution in [2.75, 3.05) is 26.0 Å². The minimum Gasteiger partial charge on any atom is -0.497 e. The molecule has 0 aliphatic carbocycles. The van der Waals surface area contributed by atoms with Gasteiger partial charge in [-0.25, -0.2) is 4.79 Å². The maximum atomic E-state index is 12.2. The van der Waals surface area contributed by atoms with E-state index < -0.39 is 0 Å². The Kier molecular flexibility index (Phi) is 4.98. The maximum absolute atomic E-state index is 12.2. The van der Waals surface area contributed by atoms with Crippen LogP contribution < -0.4 is 10.1 Å². The molecule has 2 amide bonds. The third-order valence-corrected chi connectivity index (χ3v) is 3.27. The SMILES string of the molecule is COc1ccc(C)c(NC(=O)N(C)CCc2noc(C)n2)c1. The molecule has 0 bridgehead atoms. The number of hydrogen-bond donors (Lipinski definition) is 1. The molecule has 22 heavy (non-hydrogen) atoms. The number of ether oxygens (including phenoxy) is 1. The van der Waals surface area contributed by atoms with E-state index in [1.165, 1.54) is 0 Å². The number of methoxy groups -OCH3 is 1. The summed E-state index contributed by atoms with van der Waals surface area (Å²) in [5.74, 6) is 1.81. The number of aromatic nitrogens is 2. The Labute approximate surface area is 129 Å². The lowest BCUT2D eigenvalue weighted by Gasteiger charge is -2.18. The van der Waals surface area contributed by atoms with E-state index in [1.807, 2.05) is 19.1 Å². The number of likely N-dealkylation sites (N-methyl/N-ethyl adjacent to an activating group) is 1. The Hall–Kier alpha value is -2.57. The van der Waals surface area contributed by atoms with E-state index in [4.69, 9.17) is 9.26 Å². The van der Waals surface area contributed by atoms with Crippen LogP contribution in [0.15, 0.2) is 22.7 Å². The summed E-state index contributed by atoms with van der Waals surface area (Å²) in [5, 5.41) is 6.68. The number of carbonyl (C=O) groups excluding carboxylic acids is 1. The maximum Gasteiger partial charge on any atom is 0.321 e.